The lowest BCUT2D eigenvalue weighted by Gasteiger charge is -2.38. The van der Waals surface area contributed by atoms with E-state index in [-0.39, 0.29) is 6.04 Å². The van der Waals surface area contributed by atoms with E-state index in [9.17, 15) is 0 Å². The average Bonchev–Trinajstić information content (AvgIpc) is 2.63. The molecule has 0 saturated carbocycles. The molecule has 0 aromatic carbocycles. The minimum atomic E-state index is 0.0416. The first kappa shape index (κ1) is 17.3. The van der Waals surface area contributed by atoms with E-state index in [4.69, 9.17) is 5.73 Å². The highest BCUT2D eigenvalue weighted by molar-refractivity contribution is 5.32. The van der Waals surface area contributed by atoms with Gasteiger partial charge in [0.2, 0.25) is 0 Å². The Hall–Kier alpha value is -1.54. The molecule has 0 bridgehead atoms. The molecule has 0 aromatic rings. The van der Waals surface area contributed by atoms with Gasteiger partial charge >= 0.3 is 0 Å². The molecule has 3 rings (SSSR count). The van der Waals surface area contributed by atoms with Gasteiger partial charge in [0.15, 0.2) is 0 Å². The van der Waals surface area contributed by atoms with Gasteiger partial charge in [0.1, 0.15) is 0 Å². The van der Waals surface area contributed by atoms with Crippen LogP contribution in [0.3, 0.4) is 0 Å². The Morgan fingerprint density at radius 1 is 1.21 bits per heavy atom. The molecule has 5 atom stereocenters. The number of hydrogen-bond acceptors (Lipinski definition) is 2. The van der Waals surface area contributed by atoms with Crippen LogP contribution in [0.5, 0.6) is 0 Å². The number of nitrogens with two attached hydrogens (primary N) is 1. The van der Waals surface area contributed by atoms with Gasteiger partial charge in [0.25, 0.3) is 0 Å². The fraction of sp³-hybridized carbons (Fsp3) is 0.545. The first-order chi connectivity index (χ1) is 11.7. The number of allylic oxidation sites excluding steroid dienone is 7. The van der Waals surface area contributed by atoms with Crippen molar-refractivity contribution in [1.29, 1.82) is 0 Å². The van der Waals surface area contributed by atoms with E-state index < -0.39 is 0 Å². The monoisotopic (exact) mass is 324 g/mol. The molecule has 2 aliphatic carbocycles. The third-order valence-electron chi connectivity index (χ3n) is 5.85. The molecule has 0 amide bonds. The van der Waals surface area contributed by atoms with Gasteiger partial charge in [-0.2, -0.15) is 0 Å². The second-order valence-electron chi connectivity index (χ2n) is 7.49. The van der Waals surface area contributed by atoms with E-state index in [0.29, 0.717) is 23.8 Å². The Kier molecular flexibility index (Phi) is 5.78. The molecule has 2 nitrogen and oxygen atoms in total. The zero-order valence-electron chi connectivity index (χ0n) is 15.1. The van der Waals surface area contributed by atoms with Gasteiger partial charge in [-0.25, -0.2) is 0 Å². The summed E-state index contributed by atoms with van der Waals surface area (Å²) in [6.45, 7) is 4.38. The second kappa shape index (κ2) is 8.02. The van der Waals surface area contributed by atoms with Crippen LogP contribution in [0, 0.1) is 17.8 Å². The first-order valence-electron chi connectivity index (χ1n) is 9.57. The van der Waals surface area contributed by atoms with Crippen LogP contribution >= 0.6 is 0 Å². The van der Waals surface area contributed by atoms with Gasteiger partial charge in [-0.15, -0.1) is 0 Å². The molecule has 3 aliphatic rings. The smallest absolute Gasteiger partial charge is 0.0477 e. The largest absolute Gasteiger partial charge is 0.386 e. The lowest BCUT2D eigenvalue weighted by Crippen LogP contribution is -2.41. The minimum Gasteiger partial charge on any atom is -0.386 e. The Labute approximate surface area is 147 Å². The molecular formula is C22H32N2. The van der Waals surface area contributed by atoms with Crippen molar-refractivity contribution in [3.8, 4) is 0 Å². The van der Waals surface area contributed by atoms with Crippen LogP contribution in [0.2, 0.25) is 0 Å². The van der Waals surface area contributed by atoms with Crippen molar-refractivity contribution in [2.45, 2.75) is 58.0 Å². The van der Waals surface area contributed by atoms with E-state index in [1.54, 1.807) is 0 Å². The maximum absolute atomic E-state index is 6.18. The van der Waals surface area contributed by atoms with Gasteiger partial charge < -0.3 is 11.1 Å². The molecule has 130 valence electrons. The summed E-state index contributed by atoms with van der Waals surface area (Å²) in [7, 11) is 0. The van der Waals surface area contributed by atoms with Gasteiger partial charge in [0, 0.05) is 23.7 Å². The summed E-state index contributed by atoms with van der Waals surface area (Å²) in [5.41, 5.74) is 8.93. The Morgan fingerprint density at radius 2 is 2.08 bits per heavy atom. The highest BCUT2D eigenvalue weighted by Gasteiger charge is 2.30. The van der Waals surface area contributed by atoms with Gasteiger partial charge in [-0.1, -0.05) is 48.6 Å². The zero-order valence-corrected chi connectivity index (χ0v) is 15.1. The van der Waals surface area contributed by atoms with Crippen molar-refractivity contribution >= 4 is 0 Å². The fourth-order valence-electron chi connectivity index (χ4n) is 4.34. The number of rotatable bonds is 4. The van der Waals surface area contributed by atoms with Gasteiger partial charge in [-0.05, 0) is 63.4 Å². The SMILES string of the molecule is C/C=C\C(N)C1=CCC(C2CC=C(C3CC=CCC3)NC2C)C=C1. The quantitative estimate of drug-likeness (QED) is 0.740. The highest BCUT2D eigenvalue weighted by Crippen LogP contribution is 2.35. The summed E-state index contributed by atoms with van der Waals surface area (Å²) >= 11 is 0. The predicted octanol–water partition coefficient (Wildman–Crippen LogP) is 4.63. The molecule has 0 aromatic heterocycles. The topological polar surface area (TPSA) is 38.0 Å². The first-order valence-corrected chi connectivity index (χ1v) is 9.57. The molecule has 0 fully saturated rings. The van der Waals surface area contributed by atoms with Crippen molar-refractivity contribution < 1.29 is 0 Å². The van der Waals surface area contributed by atoms with Crippen molar-refractivity contribution in [3.05, 3.63) is 59.9 Å². The summed E-state index contributed by atoms with van der Waals surface area (Å²) in [6, 6.07) is 0.588. The highest BCUT2D eigenvalue weighted by atomic mass is 14.9. The maximum Gasteiger partial charge on any atom is 0.0477 e. The fourth-order valence-corrected chi connectivity index (χ4v) is 4.34. The Bertz CT molecular complexity index is 579. The van der Waals surface area contributed by atoms with Crippen molar-refractivity contribution in [2.24, 2.45) is 23.5 Å². The van der Waals surface area contributed by atoms with E-state index >= 15 is 0 Å². The zero-order chi connectivity index (χ0) is 16.9. The normalized spacial score (nSPS) is 34.6. The van der Waals surface area contributed by atoms with E-state index in [1.807, 2.05) is 13.0 Å². The van der Waals surface area contributed by atoms with Crippen LogP contribution in [0.25, 0.3) is 0 Å². The molecule has 1 aliphatic heterocycles. The Morgan fingerprint density at radius 3 is 2.71 bits per heavy atom. The van der Waals surface area contributed by atoms with Crippen molar-refractivity contribution in [3.63, 3.8) is 0 Å². The van der Waals surface area contributed by atoms with Crippen molar-refractivity contribution in [2.75, 3.05) is 0 Å². The molecule has 3 N–H and O–H groups in total. The van der Waals surface area contributed by atoms with Crippen LogP contribution in [-0.2, 0) is 0 Å². The molecule has 0 radical (unpaired) electrons. The number of nitrogens with one attached hydrogen (secondary N) is 1. The minimum absolute atomic E-state index is 0.0416. The van der Waals surface area contributed by atoms with E-state index in [2.05, 4.69) is 54.8 Å². The van der Waals surface area contributed by atoms with Gasteiger partial charge in [0.05, 0.1) is 0 Å². The third-order valence-corrected chi connectivity index (χ3v) is 5.85. The number of hydrogen-bond donors (Lipinski definition) is 2. The van der Waals surface area contributed by atoms with Crippen LogP contribution in [0.1, 0.15) is 46.0 Å². The molecule has 0 saturated heterocycles. The van der Waals surface area contributed by atoms with E-state index in [0.717, 1.165) is 6.42 Å². The van der Waals surface area contributed by atoms with Crippen molar-refractivity contribution in [1.82, 2.24) is 5.32 Å². The lowest BCUT2D eigenvalue weighted by atomic mass is 9.76. The molecular weight excluding hydrogens is 292 g/mol. The standard InChI is InChI=1S/C22H32N2/c1-3-7-21(23)18-12-10-17(11-13-18)20-14-15-22(24-16(20)2)19-8-5-4-6-9-19/h3-5,7,10,12-13,15-17,19-21,24H,6,8-9,11,14,23H2,1-2H3/b7-3-. The van der Waals surface area contributed by atoms with Crippen LogP contribution in [-0.4, -0.2) is 12.1 Å². The summed E-state index contributed by atoms with van der Waals surface area (Å²) in [5, 5.41) is 3.82. The van der Waals surface area contributed by atoms with E-state index in [1.165, 1.54) is 37.0 Å². The lowest BCUT2D eigenvalue weighted by molar-refractivity contribution is 0.284. The summed E-state index contributed by atoms with van der Waals surface area (Å²) in [5.74, 6) is 2.02. The Balaban J connectivity index is 1.60. The second-order valence-corrected chi connectivity index (χ2v) is 7.49. The van der Waals surface area contributed by atoms with Crippen LogP contribution < -0.4 is 11.1 Å². The summed E-state index contributed by atoms with van der Waals surface area (Å²) in [4.78, 5) is 0. The summed E-state index contributed by atoms with van der Waals surface area (Å²) in [6.07, 6.45) is 24.3. The average molecular weight is 325 g/mol. The predicted molar refractivity (Wildman–Crippen MR) is 103 cm³/mol. The molecule has 1 heterocycles. The third kappa shape index (κ3) is 3.92. The molecule has 24 heavy (non-hydrogen) atoms. The molecule has 5 unspecified atom stereocenters. The molecule has 0 spiro atoms. The van der Waals surface area contributed by atoms with Crippen LogP contribution in [0.15, 0.2) is 59.9 Å². The van der Waals surface area contributed by atoms with Gasteiger partial charge in [-0.3, -0.25) is 0 Å². The summed E-state index contributed by atoms with van der Waals surface area (Å²) < 4.78 is 0. The van der Waals surface area contributed by atoms with Crippen LogP contribution in [0.4, 0.5) is 0 Å². The maximum atomic E-state index is 6.18. The molecule has 2 heteroatoms.